The summed E-state index contributed by atoms with van der Waals surface area (Å²) in [6, 6.07) is 0.297. The molecule has 0 saturated carbocycles. The molecule has 1 aromatic carbocycles. The summed E-state index contributed by atoms with van der Waals surface area (Å²) in [5.41, 5.74) is -0.135. The standard InChI is InChI=1S/C10H9F4N/c11-6-4-5(7-2-1-3-15-7)8(12)10(14)9(6)13/h4,7,15H,1-3H2/t7-/m1/s1. The van der Waals surface area contributed by atoms with Crippen molar-refractivity contribution in [3.05, 3.63) is 34.9 Å². The Hall–Kier alpha value is -1.10. The molecule has 1 saturated heterocycles. The van der Waals surface area contributed by atoms with Crippen LogP contribution in [0.25, 0.3) is 0 Å². The fourth-order valence-electron chi connectivity index (χ4n) is 1.79. The van der Waals surface area contributed by atoms with Crippen LogP contribution in [0.4, 0.5) is 17.6 Å². The molecule has 0 aliphatic carbocycles. The molecule has 1 aromatic rings. The average Bonchev–Trinajstić information content (AvgIpc) is 2.73. The lowest BCUT2D eigenvalue weighted by Gasteiger charge is -2.12. The van der Waals surface area contributed by atoms with Crippen molar-refractivity contribution in [3.63, 3.8) is 0 Å². The average molecular weight is 219 g/mol. The summed E-state index contributed by atoms with van der Waals surface area (Å²) in [6.07, 6.45) is 1.41. The van der Waals surface area contributed by atoms with Crippen LogP contribution in [0.1, 0.15) is 24.4 Å². The third-order valence-corrected chi connectivity index (χ3v) is 2.57. The van der Waals surface area contributed by atoms with E-state index >= 15 is 0 Å². The highest BCUT2D eigenvalue weighted by Crippen LogP contribution is 2.28. The minimum Gasteiger partial charge on any atom is -0.310 e. The van der Waals surface area contributed by atoms with Crippen molar-refractivity contribution in [2.45, 2.75) is 18.9 Å². The van der Waals surface area contributed by atoms with Gasteiger partial charge in [0.1, 0.15) is 0 Å². The van der Waals surface area contributed by atoms with Gasteiger partial charge >= 0.3 is 0 Å². The topological polar surface area (TPSA) is 12.0 Å². The zero-order valence-electron chi connectivity index (χ0n) is 7.79. The lowest BCUT2D eigenvalue weighted by molar-refractivity contribution is 0.397. The predicted octanol–water partition coefficient (Wildman–Crippen LogP) is 2.67. The molecule has 1 aliphatic rings. The molecule has 82 valence electrons. The van der Waals surface area contributed by atoms with Gasteiger partial charge in [-0.05, 0) is 25.5 Å². The molecular weight excluding hydrogens is 210 g/mol. The molecule has 1 aliphatic heterocycles. The summed E-state index contributed by atoms with van der Waals surface area (Å²) < 4.78 is 51.7. The first-order valence-corrected chi connectivity index (χ1v) is 4.67. The second-order valence-corrected chi connectivity index (χ2v) is 3.54. The van der Waals surface area contributed by atoms with Crippen molar-refractivity contribution in [2.75, 3.05) is 6.54 Å². The smallest absolute Gasteiger partial charge is 0.197 e. The first-order chi connectivity index (χ1) is 7.11. The van der Waals surface area contributed by atoms with Crippen LogP contribution in [0.3, 0.4) is 0 Å². The Labute approximate surface area is 84.1 Å². The van der Waals surface area contributed by atoms with E-state index in [4.69, 9.17) is 0 Å². The van der Waals surface area contributed by atoms with Gasteiger partial charge in [-0.25, -0.2) is 17.6 Å². The molecule has 0 bridgehead atoms. The van der Waals surface area contributed by atoms with Crippen LogP contribution in [-0.4, -0.2) is 6.54 Å². The van der Waals surface area contributed by atoms with Crippen LogP contribution in [0, 0.1) is 23.3 Å². The van der Waals surface area contributed by atoms with Crippen LogP contribution in [0.5, 0.6) is 0 Å². The summed E-state index contributed by atoms with van der Waals surface area (Å²) >= 11 is 0. The summed E-state index contributed by atoms with van der Waals surface area (Å²) in [5, 5.41) is 2.89. The molecule has 1 heterocycles. The molecule has 0 aromatic heterocycles. The molecular formula is C10H9F4N. The Morgan fingerprint density at radius 2 is 1.80 bits per heavy atom. The van der Waals surface area contributed by atoms with E-state index in [2.05, 4.69) is 5.32 Å². The Morgan fingerprint density at radius 1 is 1.07 bits per heavy atom. The molecule has 2 rings (SSSR count). The van der Waals surface area contributed by atoms with E-state index in [1.54, 1.807) is 0 Å². The van der Waals surface area contributed by atoms with Crippen LogP contribution in [0.15, 0.2) is 6.07 Å². The van der Waals surface area contributed by atoms with Crippen LogP contribution >= 0.6 is 0 Å². The Kier molecular flexibility index (Phi) is 2.65. The van der Waals surface area contributed by atoms with E-state index in [1.165, 1.54) is 0 Å². The van der Waals surface area contributed by atoms with E-state index in [-0.39, 0.29) is 5.56 Å². The molecule has 0 radical (unpaired) electrons. The van der Waals surface area contributed by atoms with Gasteiger partial charge in [-0.2, -0.15) is 0 Å². The zero-order chi connectivity index (χ0) is 11.0. The molecule has 1 fully saturated rings. The maximum atomic E-state index is 13.3. The molecule has 0 spiro atoms. The first kappa shape index (κ1) is 10.4. The maximum absolute atomic E-state index is 13.3. The minimum atomic E-state index is -1.76. The molecule has 0 amide bonds. The van der Waals surface area contributed by atoms with Gasteiger partial charge in [0.2, 0.25) is 0 Å². The maximum Gasteiger partial charge on any atom is 0.197 e. The van der Waals surface area contributed by atoms with Crippen molar-refractivity contribution in [1.82, 2.24) is 5.32 Å². The number of rotatable bonds is 1. The third-order valence-electron chi connectivity index (χ3n) is 2.57. The van der Waals surface area contributed by atoms with E-state index in [0.29, 0.717) is 13.0 Å². The highest BCUT2D eigenvalue weighted by molar-refractivity contribution is 5.25. The first-order valence-electron chi connectivity index (χ1n) is 4.67. The second-order valence-electron chi connectivity index (χ2n) is 3.54. The van der Waals surface area contributed by atoms with E-state index in [1.807, 2.05) is 0 Å². The van der Waals surface area contributed by atoms with Crippen LogP contribution in [-0.2, 0) is 0 Å². The van der Waals surface area contributed by atoms with E-state index in [9.17, 15) is 17.6 Å². The number of halogens is 4. The van der Waals surface area contributed by atoms with Crippen molar-refractivity contribution in [2.24, 2.45) is 0 Å². The van der Waals surface area contributed by atoms with Crippen molar-refractivity contribution in [3.8, 4) is 0 Å². The van der Waals surface area contributed by atoms with Gasteiger partial charge in [0.15, 0.2) is 23.3 Å². The molecule has 5 heteroatoms. The van der Waals surface area contributed by atoms with E-state index < -0.39 is 29.3 Å². The van der Waals surface area contributed by atoms with Gasteiger partial charge in [0, 0.05) is 11.6 Å². The summed E-state index contributed by atoms with van der Waals surface area (Å²) in [7, 11) is 0. The lowest BCUT2D eigenvalue weighted by Crippen LogP contribution is -2.16. The Morgan fingerprint density at radius 3 is 2.40 bits per heavy atom. The number of benzene rings is 1. The SMILES string of the molecule is Fc1cc([C@H]2CCCN2)c(F)c(F)c1F. The quantitative estimate of drug-likeness (QED) is 0.435. The van der Waals surface area contributed by atoms with Crippen LogP contribution in [0.2, 0.25) is 0 Å². The monoisotopic (exact) mass is 219 g/mol. The second kappa shape index (κ2) is 3.81. The van der Waals surface area contributed by atoms with Gasteiger partial charge in [0.05, 0.1) is 0 Å². The fraction of sp³-hybridized carbons (Fsp3) is 0.400. The third kappa shape index (κ3) is 1.71. The van der Waals surface area contributed by atoms with Crippen molar-refractivity contribution in [1.29, 1.82) is 0 Å². The van der Waals surface area contributed by atoms with Crippen LogP contribution < -0.4 is 5.32 Å². The summed E-state index contributed by atoms with van der Waals surface area (Å²) in [5.74, 6) is -6.14. The summed E-state index contributed by atoms with van der Waals surface area (Å²) in [6.45, 7) is 0.671. The van der Waals surface area contributed by atoms with Crippen molar-refractivity contribution < 1.29 is 17.6 Å². The number of hydrogen-bond acceptors (Lipinski definition) is 1. The minimum absolute atomic E-state index is 0.135. The van der Waals surface area contributed by atoms with E-state index in [0.717, 1.165) is 12.5 Å². The molecule has 0 unspecified atom stereocenters. The highest BCUT2D eigenvalue weighted by Gasteiger charge is 2.25. The number of nitrogens with one attached hydrogen (secondary N) is 1. The van der Waals surface area contributed by atoms with Gasteiger partial charge in [-0.1, -0.05) is 0 Å². The van der Waals surface area contributed by atoms with Crippen molar-refractivity contribution >= 4 is 0 Å². The molecule has 1 atom stereocenters. The summed E-state index contributed by atoms with van der Waals surface area (Å²) in [4.78, 5) is 0. The Balaban J connectivity index is 2.47. The fourth-order valence-corrected chi connectivity index (χ4v) is 1.79. The lowest BCUT2D eigenvalue weighted by atomic mass is 10.0. The molecule has 1 nitrogen and oxygen atoms in total. The zero-order valence-corrected chi connectivity index (χ0v) is 7.79. The number of hydrogen-bond donors (Lipinski definition) is 1. The van der Waals surface area contributed by atoms with Gasteiger partial charge in [-0.3, -0.25) is 0 Å². The molecule has 15 heavy (non-hydrogen) atoms. The van der Waals surface area contributed by atoms with Gasteiger partial charge in [0.25, 0.3) is 0 Å². The largest absolute Gasteiger partial charge is 0.310 e. The normalized spacial score (nSPS) is 20.9. The predicted molar refractivity (Wildman–Crippen MR) is 46.3 cm³/mol. The van der Waals surface area contributed by atoms with Gasteiger partial charge < -0.3 is 5.32 Å². The molecule has 1 N–H and O–H groups in total. The Bertz CT molecular complexity index is 385. The van der Waals surface area contributed by atoms with Gasteiger partial charge in [-0.15, -0.1) is 0 Å². The highest BCUT2D eigenvalue weighted by atomic mass is 19.2.